The van der Waals surface area contributed by atoms with Crippen LogP contribution in [0.25, 0.3) is 11.1 Å². The predicted molar refractivity (Wildman–Crippen MR) is 85.5 cm³/mol. The Hall–Kier alpha value is -2.05. The zero-order valence-corrected chi connectivity index (χ0v) is 13.5. The molecule has 0 atom stereocenters. The molecule has 0 heterocycles. The molecule has 3 nitrogen and oxygen atoms in total. The van der Waals surface area contributed by atoms with Crippen LogP contribution in [0.5, 0.6) is 0 Å². The Morgan fingerprint density at radius 3 is 2.04 bits per heavy atom. The SMILES string of the molecule is C/C(=C(\CO)c1ccc(F)c(F)c1)c1ccc(S(C)(=O)=O)cc1. The van der Waals surface area contributed by atoms with E-state index >= 15 is 0 Å². The quantitative estimate of drug-likeness (QED) is 0.871. The van der Waals surface area contributed by atoms with Crippen LogP contribution in [0.3, 0.4) is 0 Å². The van der Waals surface area contributed by atoms with Crippen molar-refractivity contribution >= 4 is 21.0 Å². The molecule has 0 aromatic heterocycles. The molecule has 0 radical (unpaired) electrons. The number of halogens is 2. The molecule has 0 amide bonds. The fourth-order valence-corrected chi connectivity index (χ4v) is 2.87. The van der Waals surface area contributed by atoms with Gasteiger partial charge in [0.25, 0.3) is 0 Å². The Morgan fingerprint density at radius 1 is 1.00 bits per heavy atom. The first-order chi connectivity index (χ1) is 10.7. The van der Waals surface area contributed by atoms with Gasteiger partial charge < -0.3 is 5.11 Å². The molecule has 0 saturated heterocycles. The van der Waals surface area contributed by atoms with Gasteiger partial charge in [0.2, 0.25) is 0 Å². The minimum atomic E-state index is -3.29. The Balaban J connectivity index is 2.50. The third kappa shape index (κ3) is 3.83. The molecule has 0 aliphatic rings. The maximum absolute atomic E-state index is 13.4. The molecule has 2 aromatic rings. The van der Waals surface area contributed by atoms with E-state index in [1.165, 1.54) is 18.2 Å². The average Bonchev–Trinajstić information content (AvgIpc) is 2.50. The summed E-state index contributed by atoms with van der Waals surface area (Å²) in [5, 5.41) is 9.59. The second-order valence-corrected chi connectivity index (χ2v) is 7.20. The van der Waals surface area contributed by atoms with Gasteiger partial charge in [-0.2, -0.15) is 0 Å². The molecule has 0 fully saturated rings. The average molecular weight is 338 g/mol. The molecular weight excluding hydrogens is 322 g/mol. The van der Waals surface area contributed by atoms with E-state index in [1.54, 1.807) is 19.1 Å². The van der Waals surface area contributed by atoms with Crippen LogP contribution in [0.4, 0.5) is 8.78 Å². The molecule has 0 spiro atoms. The number of sulfone groups is 1. The van der Waals surface area contributed by atoms with E-state index in [9.17, 15) is 22.3 Å². The highest BCUT2D eigenvalue weighted by Crippen LogP contribution is 2.27. The largest absolute Gasteiger partial charge is 0.392 e. The summed E-state index contributed by atoms with van der Waals surface area (Å²) in [6, 6.07) is 9.57. The molecule has 2 rings (SSSR count). The zero-order chi connectivity index (χ0) is 17.2. The zero-order valence-electron chi connectivity index (χ0n) is 12.7. The molecule has 1 N–H and O–H groups in total. The molecule has 0 saturated carbocycles. The number of hydrogen-bond acceptors (Lipinski definition) is 3. The van der Waals surface area contributed by atoms with Crippen molar-refractivity contribution in [1.82, 2.24) is 0 Å². The lowest BCUT2D eigenvalue weighted by molar-refractivity contribution is 0.350. The Morgan fingerprint density at radius 2 is 1.57 bits per heavy atom. The maximum atomic E-state index is 13.4. The summed E-state index contributed by atoms with van der Waals surface area (Å²) >= 11 is 0. The van der Waals surface area contributed by atoms with Gasteiger partial charge in [-0.05, 0) is 53.5 Å². The van der Waals surface area contributed by atoms with Crippen LogP contribution in [0.1, 0.15) is 18.1 Å². The van der Waals surface area contributed by atoms with Gasteiger partial charge in [0, 0.05) is 6.26 Å². The lowest BCUT2D eigenvalue weighted by Crippen LogP contribution is -1.99. The van der Waals surface area contributed by atoms with Crippen LogP contribution in [0, 0.1) is 11.6 Å². The van der Waals surface area contributed by atoms with E-state index in [-0.39, 0.29) is 11.5 Å². The highest BCUT2D eigenvalue weighted by Gasteiger charge is 2.12. The van der Waals surface area contributed by atoms with Gasteiger partial charge in [0.1, 0.15) is 0 Å². The van der Waals surface area contributed by atoms with Crippen molar-refractivity contribution in [3.05, 3.63) is 65.2 Å². The fraction of sp³-hybridized carbons (Fsp3) is 0.176. The second kappa shape index (κ2) is 6.60. The van der Waals surface area contributed by atoms with Crippen LogP contribution < -0.4 is 0 Å². The molecule has 0 aliphatic carbocycles. The summed E-state index contributed by atoms with van der Waals surface area (Å²) in [4.78, 5) is 0.187. The summed E-state index contributed by atoms with van der Waals surface area (Å²) in [6.45, 7) is 1.37. The number of rotatable bonds is 4. The van der Waals surface area contributed by atoms with Crippen LogP contribution >= 0.6 is 0 Å². The van der Waals surface area contributed by atoms with Crippen molar-refractivity contribution < 1.29 is 22.3 Å². The van der Waals surface area contributed by atoms with E-state index in [2.05, 4.69) is 0 Å². The van der Waals surface area contributed by atoms with Crippen molar-refractivity contribution in [2.24, 2.45) is 0 Å². The first-order valence-corrected chi connectivity index (χ1v) is 8.69. The maximum Gasteiger partial charge on any atom is 0.175 e. The van der Waals surface area contributed by atoms with Crippen LogP contribution in [0.2, 0.25) is 0 Å². The standard InChI is InChI=1S/C17H16F2O3S/c1-11(12-3-6-14(7-4-12)23(2,21)22)15(10-20)13-5-8-16(18)17(19)9-13/h3-9,20H,10H2,1-2H3/b15-11-. The second-order valence-electron chi connectivity index (χ2n) is 5.19. The molecule has 0 bridgehead atoms. The smallest absolute Gasteiger partial charge is 0.175 e. The highest BCUT2D eigenvalue weighted by molar-refractivity contribution is 7.90. The minimum absolute atomic E-state index is 0.187. The Labute approximate surface area is 133 Å². The summed E-state index contributed by atoms with van der Waals surface area (Å²) in [5.41, 5.74) is 2.15. The fourth-order valence-electron chi connectivity index (χ4n) is 2.24. The third-order valence-corrected chi connectivity index (χ3v) is 4.72. The van der Waals surface area contributed by atoms with Crippen molar-refractivity contribution in [1.29, 1.82) is 0 Å². The monoisotopic (exact) mass is 338 g/mol. The van der Waals surface area contributed by atoms with E-state index < -0.39 is 21.5 Å². The van der Waals surface area contributed by atoms with E-state index in [1.807, 2.05) is 0 Å². The molecule has 0 aliphatic heterocycles. The first kappa shape index (κ1) is 17.3. The van der Waals surface area contributed by atoms with Crippen molar-refractivity contribution in [3.8, 4) is 0 Å². The normalized spacial score (nSPS) is 12.9. The van der Waals surface area contributed by atoms with Gasteiger partial charge in [-0.3, -0.25) is 0 Å². The third-order valence-electron chi connectivity index (χ3n) is 3.59. The minimum Gasteiger partial charge on any atom is -0.392 e. The summed E-state index contributed by atoms with van der Waals surface area (Å²) in [7, 11) is -3.29. The predicted octanol–water partition coefficient (Wildman–Crippen LogP) is 3.29. The number of benzene rings is 2. The first-order valence-electron chi connectivity index (χ1n) is 6.80. The van der Waals surface area contributed by atoms with E-state index in [0.29, 0.717) is 22.3 Å². The van der Waals surface area contributed by atoms with E-state index in [4.69, 9.17) is 0 Å². The Kier molecular flexibility index (Phi) is 4.97. The van der Waals surface area contributed by atoms with Crippen molar-refractivity contribution in [2.75, 3.05) is 12.9 Å². The lowest BCUT2D eigenvalue weighted by Gasteiger charge is -2.12. The van der Waals surface area contributed by atoms with Crippen LogP contribution in [0.15, 0.2) is 47.4 Å². The number of hydrogen-bond donors (Lipinski definition) is 1. The molecule has 122 valence electrons. The van der Waals surface area contributed by atoms with Crippen molar-refractivity contribution in [3.63, 3.8) is 0 Å². The Bertz CT molecular complexity index is 854. The van der Waals surface area contributed by atoms with Gasteiger partial charge in [-0.25, -0.2) is 17.2 Å². The molecule has 2 aromatic carbocycles. The molecule has 23 heavy (non-hydrogen) atoms. The molecule has 6 heteroatoms. The van der Waals surface area contributed by atoms with Crippen molar-refractivity contribution in [2.45, 2.75) is 11.8 Å². The summed E-state index contributed by atoms with van der Waals surface area (Å²) < 4.78 is 49.3. The number of aliphatic hydroxyl groups is 1. The van der Waals surface area contributed by atoms with Crippen LogP contribution in [-0.2, 0) is 9.84 Å². The summed E-state index contributed by atoms with van der Waals surface area (Å²) in [5.74, 6) is -1.95. The van der Waals surface area contributed by atoms with Gasteiger partial charge in [-0.15, -0.1) is 0 Å². The summed E-state index contributed by atoms with van der Waals surface area (Å²) in [6.07, 6.45) is 1.12. The topological polar surface area (TPSA) is 54.4 Å². The lowest BCUT2D eigenvalue weighted by atomic mass is 9.96. The number of allylic oxidation sites excluding steroid dienone is 1. The van der Waals surface area contributed by atoms with Crippen LogP contribution in [-0.4, -0.2) is 26.4 Å². The van der Waals surface area contributed by atoms with Gasteiger partial charge in [0.15, 0.2) is 21.5 Å². The van der Waals surface area contributed by atoms with Gasteiger partial charge in [-0.1, -0.05) is 18.2 Å². The molecule has 0 unspecified atom stereocenters. The highest BCUT2D eigenvalue weighted by atomic mass is 32.2. The number of aliphatic hydroxyl groups excluding tert-OH is 1. The molecular formula is C17H16F2O3S. The van der Waals surface area contributed by atoms with Gasteiger partial charge >= 0.3 is 0 Å². The van der Waals surface area contributed by atoms with Gasteiger partial charge in [0.05, 0.1) is 11.5 Å². The van der Waals surface area contributed by atoms with E-state index in [0.717, 1.165) is 18.4 Å².